The molecule has 2 N–H and O–H groups in total. The number of pyridine rings is 1. The van der Waals surface area contributed by atoms with Gasteiger partial charge in [-0.05, 0) is 48.7 Å². The van der Waals surface area contributed by atoms with Crippen molar-refractivity contribution in [2.75, 3.05) is 19.4 Å². The molecule has 0 radical (unpaired) electrons. The van der Waals surface area contributed by atoms with E-state index in [0.29, 0.717) is 28.0 Å². The third-order valence-corrected chi connectivity index (χ3v) is 4.36. The molecule has 1 amide bonds. The number of rotatable bonds is 6. The summed E-state index contributed by atoms with van der Waals surface area (Å²) in [6, 6.07) is 7.84. The molecule has 0 aliphatic carbocycles. The molecule has 0 unspecified atom stereocenters. The van der Waals surface area contributed by atoms with Gasteiger partial charge in [0.25, 0.3) is 5.91 Å². The highest BCUT2D eigenvalue weighted by molar-refractivity contribution is 6.10. The van der Waals surface area contributed by atoms with Crippen LogP contribution in [0.3, 0.4) is 0 Å². The molecule has 3 rings (SSSR count). The van der Waals surface area contributed by atoms with Gasteiger partial charge in [-0.3, -0.25) is 4.79 Å². The van der Waals surface area contributed by atoms with E-state index < -0.39 is 0 Å². The van der Waals surface area contributed by atoms with Gasteiger partial charge >= 0.3 is 0 Å². The van der Waals surface area contributed by atoms with E-state index in [0.717, 1.165) is 30.6 Å². The van der Waals surface area contributed by atoms with Gasteiger partial charge in [0, 0.05) is 19.7 Å². The van der Waals surface area contributed by atoms with E-state index in [4.69, 9.17) is 4.42 Å². The lowest BCUT2D eigenvalue weighted by molar-refractivity contribution is 0.0964. The summed E-state index contributed by atoms with van der Waals surface area (Å²) in [5.41, 5.74) is 2.47. The highest BCUT2D eigenvalue weighted by Gasteiger charge is 2.23. The summed E-state index contributed by atoms with van der Waals surface area (Å²) in [6.07, 6.45) is 2.95. The fourth-order valence-corrected chi connectivity index (χ4v) is 2.99. The number of fused-ring (bicyclic) bond motifs is 1. The largest absolute Gasteiger partial charge is 0.437 e. The van der Waals surface area contributed by atoms with Crippen LogP contribution in [-0.2, 0) is 6.42 Å². The lowest BCUT2D eigenvalue weighted by Gasteiger charge is -2.08. The zero-order valence-corrected chi connectivity index (χ0v) is 15.1. The lowest BCUT2D eigenvalue weighted by Crippen LogP contribution is -2.18. The number of halogens is 1. The Morgan fingerprint density at radius 3 is 2.58 bits per heavy atom. The first-order valence-corrected chi connectivity index (χ1v) is 8.71. The van der Waals surface area contributed by atoms with Gasteiger partial charge in [0.05, 0.1) is 10.9 Å². The summed E-state index contributed by atoms with van der Waals surface area (Å²) in [7, 11) is 3.39. The molecule has 136 valence electrons. The number of hydrogen-bond donors (Lipinski definition) is 2. The highest BCUT2D eigenvalue weighted by atomic mass is 19.1. The van der Waals surface area contributed by atoms with Crippen LogP contribution in [0.15, 0.2) is 34.7 Å². The molecule has 0 atom stereocenters. The topological polar surface area (TPSA) is 67.2 Å². The molecule has 0 saturated carbocycles. The number of amides is 1. The van der Waals surface area contributed by atoms with E-state index in [9.17, 15) is 9.18 Å². The Morgan fingerprint density at radius 2 is 1.96 bits per heavy atom. The van der Waals surface area contributed by atoms with Crippen molar-refractivity contribution in [2.24, 2.45) is 0 Å². The van der Waals surface area contributed by atoms with E-state index in [1.54, 1.807) is 19.2 Å². The number of carbonyl (C=O) groups is 1. The maximum absolute atomic E-state index is 13.3. The molecule has 0 fully saturated rings. The summed E-state index contributed by atoms with van der Waals surface area (Å²) in [6.45, 7) is 2.13. The van der Waals surface area contributed by atoms with Crippen LogP contribution in [0.2, 0.25) is 0 Å². The SMILES string of the molecule is CCCCc1cc2c(C(=O)NC)c(-c3ccc(F)cc3)oc2nc1NC. The summed E-state index contributed by atoms with van der Waals surface area (Å²) in [4.78, 5) is 17.1. The molecule has 1 aromatic carbocycles. The van der Waals surface area contributed by atoms with Crippen molar-refractivity contribution < 1.29 is 13.6 Å². The molecule has 2 heterocycles. The zero-order chi connectivity index (χ0) is 18.7. The molecule has 6 heteroatoms. The van der Waals surface area contributed by atoms with E-state index in [-0.39, 0.29) is 11.7 Å². The van der Waals surface area contributed by atoms with Gasteiger partial charge < -0.3 is 15.1 Å². The van der Waals surface area contributed by atoms with Gasteiger partial charge in [-0.2, -0.15) is 4.98 Å². The van der Waals surface area contributed by atoms with Gasteiger partial charge in [0.15, 0.2) is 0 Å². The quantitative estimate of drug-likeness (QED) is 0.689. The third kappa shape index (κ3) is 3.27. The number of benzene rings is 1. The number of nitrogens with one attached hydrogen (secondary N) is 2. The van der Waals surface area contributed by atoms with Crippen LogP contribution < -0.4 is 10.6 Å². The van der Waals surface area contributed by atoms with Gasteiger partial charge in [0.1, 0.15) is 17.4 Å². The van der Waals surface area contributed by atoms with Crippen LogP contribution in [0.5, 0.6) is 0 Å². The van der Waals surface area contributed by atoms with E-state index >= 15 is 0 Å². The second kappa shape index (κ2) is 7.56. The molecule has 0 aliphatic rings. The Balaban J connectivity index is 2.24. The molecule has 26 heavy (non-hydrogen) atoms. The maximum Gasteiger partial charge on any atom is 0.255 e. The molecule has 0 spiro atoms. The number of carbonyl (C=O) groups excluding carboxylic acids is 1. The monoisotopic (exact) mass is 355 g/mol. The van der Waals surface area contributed by atoms with Crippen LogP contribution in [0.4, 0.5) is 10.2 Å². The number of aryl methyl sites for hydroxylation is 1. The predicted molar refractivity (Wildman–Crippen MR) is 101 cm³/mol. The van der Waals surface area contributed by atoms with Crippen molar-refractivity contribution >= 4 is 22.8 Å². The predicted octanol–water partition coefficient (Wildman–Crippen LogP) is 4.38. The highest BCUT2D eigenvalue weighted by Crippen LogP contribution is 2.35. The first kappa shape index (κ1) is 17.9. The Hall–Kier alpha value is -2.89. The lowest BCUT2D eigenvalue weighted by atomic mass is 10.0. The minimum atomic E-state index is -0.344. The van der Waals surface area contributed by atoms with E-state index in [1.165, 1.54) is 12.1 Å². The summed E-state index contributed by atoms with van der Waals surface area (Å²) < 4.78 is 19.2. The first-order valence-electron chi connectivity index (χ1n) is 8.71. The van der Waals surface area contributed by atoms with Gasteiger partial charge in [-0.25, -0.2) is 4.39 Å². The molecule has 5 nitrogen and oxygen atoms in total. The minimum absolute atomic E-state index is 0.261. The van der Waals surface area contributed by atoms with Crippen LogP contribution >= 0.6 is 0 Å². The molecule has 0 bridgehead atoms. The number of anilines is 1. The number of unbranched alkanes of at least 4 members (excludes halogenated alkanes) is 1. The fraction of sp³-hybridized carbons (Fsp3) is 0.300. The van der Waals surface area contributed by atoms with Crippen molar-refractivity contribution in [3.05, 3.63) is 47.3 Å². The average Bonchev–Trinajstić information content (AvgIpc) is 3.03. The molecule has 0 saturated heterocycles. The van der Waals surface area contributed by atoms with Crippen LogP contribution in [0.25, 0.3) is 22.4 Å². The summed E-state index contributed by atoms with van der Waals surface area (Å²) >= 11 is 0. The first-order chi connectivity index (χ1) is 12.6. The number of nitrogens with zero attached hydrogens (tertiary/aromatic N) is 1. The molecule has 0 aliphatic heterocycles. The average molecular weight is 355 g/mol. The van der Waals surface area contributed by atoms with Crippen molar-refractivity contribution in [3.8, 4) is 11.3 Å². The van der Waals surface area contributed by atoms with Crippen LogP contribution in [0.1, 0.15) is 35.7 Å². The number of furan rings is 1. The molecule has 2 aromatic heterocycles. The van der Waals surface area contributed by atoms with Crippen molar-refractivity contribution in [1.82, 2.24) is 10.3 Å². The van der Waals surface area contributed by atoms with E-state index in [2.05, 4.69) is 22.5 Å². The summed E-state index contributed by atoms with van der Waals surface area (Å²) in [5, 5.41) is 6.41. The van der Waals surface area contributed by atoms with Gasteiger partial charge in [-0.15, -0.1) is 0 Å². The Kier molecular flexibility index (Phi) is 5.21. The number of hydrogen-bond acceptors (Lipinski definition) is 4. The standard InChI is InChI=1S/C20H22FN3O2/c1-4-5-6-13-11-15-16(19(25)23-3)17(12-7-9-14(21)10-8-12)26-20(15)24-18(13)22-2/h7-11H,4-6H2,1-3H3,(H,22,24)(H,23,25). The second-order valence-corrected chi connectivity index (χ2v) is 6.09. The molecule has 3 aromatic rings. The summed E-state index contributed by atoms with van der Waals surface area (Å²) in [5.74, 6) is 0.530. The zero-order valence-electron chi connectivity index (χ0n) is 15.1. The molecular formula is C20H22FN3O2. The minimum Gasteiger partial charge on any atom is -0.437 e. The number of aromatic nitrogens is 1. The van der Waals surface area contributed by atoms with Crippen LogP contribution in [0, 0.1) is 5.82 Å². The van der Waals surface area contributed by atoms with Gasteiger partial charge in [0.2, 0.25) is 5.71 Å². The smallest absolute Gasteiger partial charge is 0.255 e. The third-order valence-electron chi connectivity index (χ3n) is 4.36. The van der Waals surface area contributed by atoms with Crippen molar-refractivity contribution in [2.45, 2.75) is 26.2 Å². The fourth-order valence-electron chi connectivity index (χ4n) is 2.99. The van der Waals surface area contributed by atoms with Crippen molar-refractivity contribution in [3.63, 3.8) is 0 Å². The van der Waals surface area contributed by atoms with E-state index in [1.807, 2.05) is 13.1 Å². The normalized spacial score (nSPS) is 10.9. The second-order valence-electron chi connectivity index (χ2n) is 6.09. The van der Waals surface area contributed by atoms with Crippen LogP contribution in [-0.4, -0.2) is 25.0 Å². The molecular weight excluding hydrogens is 333 g/mol. The maximum atomic E-state index is 13.3. The Labute approximate surface area is 151 Å². The Morgan fingerprint density at radius 1 is 1.23 bits per heavy atom. The Bertz CT molecular complexity index is 932. The van der Waals surface area contributed by atoms with Gasteiger partial charge in [-0.1, -0.05) is 13.3 Å². The van der Waals surface area contributed by atoms with Crippen molar-refractivity contribution in [1.29, 1.82) is 0 Å².